The van der Waals surface area contributed by atoms with Crippen LogP contribution >= 0.6 is 0 Å². The zero-order chi connectivity index (χ0) is 13.0. The number of nitrogens with zero attached hydrogens (tertiary/aromatic N) is 1. The van der Waals surface area contributed by atoms with Gasteiger partial charge in [-0.2, -0.15) is 0 Å². The number of carbonyl (C=O) groups is 1. The van der Waals surface area contributed by atoms with Gasteiger partial charge in [-0.1, -0.05) is 0 Å². The number of hydrogen-bond donors (Lipinski definition) is 1. The van der Waals surface area contributed by atoms with Gasteiger partial charge in [0.2, 0.25) is 5.91 Å². The number of amides is 1. The maximum atomic E-state index is 12.4. The maximum absolute atomic E-state index is 12.4. The Morgan fingerprint density at radius 1 is 1.39 bits per heavy atom. The molecule has 0 bridgehead atoms. The number of aliphatic hydroxyl groups excluding tert-OH is 1. The molecule has 2 aliphatic rings. The Kier molecular flexibility index (Phi) is 4.62. The van der Waals surface area contributed by atoms with Crippen molar-refractivity contribution in [2.45, 2.75) is 63.0 Å². The molecule has 1 aliphatic heterocycles. The van der Waals surface area contributed by atoms with Crippen LogP contribution in [0.3, 0.4) is 0 Å². The highest BCUT2D eigenvalue weighted by molar-refractivity contribution is 5.78. The molecule has 1 saturated heterocycles. The molecule has 1 heterocycles. The monoisotopic (exact) mass is 255 g/mol. The van der Waals surface area contributed by atoms with Gasteiger partial charge in [-0.3, -0.25) is 4.79 Å². The predicted molar refractivity (Wildman–Crippen MR) is 69.3 cm³/mol. The van der Waals surface area contributed by atoms with Crippen molar-refractivity contribution in [1.29, 1.82) is 0 Å². The van der Waals surface area contributed by atoms with Crippen LogP contribution in [0.1, 0.15) is 51.4 Å². The lowest BCUT2D eigenvalue weighted by atomic mass is 9.77. The second-order valence-corrected chi connectivity index (χ2v) is 5.67. The predicted octanol–water partition coefficient (Wildman–Crippen LogP) is 1.71. The zero-order valence-electron chi connectivity index (χ0n) is 11.4. The summed E-state index contributed by atoms with van der Waals surface area (Å²) in [7, 11) is 1.72. The molecule has 1 saturated carbocycles. The van der Waals surface area contributed by atoms with Crippen LogP contribution in [0.25, 0.3) is 0 Å². The molecular formula is C14H25NO3. The summed E-state index contributed by atoms with van der Waals surface area (Å²) < 4.78 is 5.53. The van der Waals surface area contributed by atoms with Gasteiger partial charge in [0, 0.05) is 26.3 Å². The third-order valence-electron chi connectivity index (χ3n) is 4.58. The molecule has 104 valence electrons. The summed E-state index contributed by atoms with van der Waals surface area (Å²) in [5.41, 5.74) is -0.182. The summed E-state index contributed by atoms with van der Waals surface area (Å²) >= 11 is 0. The Morgan fingerprint density at radius 3 is 2.72 bits per heavy atom. The normalized spacial score (nSPS) is 26.8. The molecule has 1 aliphatic carbocycles. The molecule has 0 radical (unpaired) electrons. The number of likely N-dealkylation sites (tertiary alicyclic amines) is 1. The van der Waals surface area contributed by atoms with Crippen molar-refractivity contribution < 1.29 is 14.6 Å². The van der Waals surface area contributed by atoms with E-state index in [1.165, 1.54) is 12.8 Å². The average Bonchev–Trinajstić information content (AvgIpc) is 2.35. The number of piperidine rings is 1. The molecule has 2 rings (SSSR count). The molecule has 1 unspecified atom stereocenters. The van der Waals surface area contributed by atoms with Gasteiger partial charge in [-0.15, -0.1) is 0 Å². The van der Waals surface area contributed by atoms with Gasteiger partial charge in [0.25, 0.3) is 0 Å². The van der Waals surface area contributed by atoms with E-state index in [0.29, 0.717) is 12.8 Å². The van der Waals surface area contributed by atoms with Gasteiger partial charge >= 0.3 is 0 Å². The van der Waals surface area contributed by atoms with Gasteiger partial charge in [-0.25, -0.2) is 0 Å². The van der Waals surface area contributed by atoms with E-state index in [1.807, 2.05) is 4.90 Å². The molecule has 4 heteroatoms. The fourth-order valence-electron chi connectivity index (χ4n) is 3.18. The van der Waals surface area contributed by atoms with E-state index >= 15 is 0 Å². The van der Waals surface area contributed by atoms with Crippen molar-refractivity contribution in [3.63, 3.8) is 0 Å². The SMILES string of the molecule is COC1(CC(=O)N2CCCCC2CCO)CCC1. The third-order valence-corrected chi connectivity index (χ3v) is 4.58. The number of ether oxygens (including phenoxy) is 1. The van der Waals surface area contributed by atoms with Crippen LogP contribution in [-0.4, -0.2) is 47.8 Å². The second-order valence-electron chi connectivity index (χ2n) is 5.67. The van der Waals surface area contributed by atoms with Gasteiger partial charge < -0.3 is 14.7 Å². The van der Waals surface area contributed by atoms with E-state index in [-0.39, 0.29) is 24.2 Å². The van der Waals surface area contributed by atoms with Crippen molar-refractivity contribution in [3.05, 3.63) is 0 Å². The highest BCUT2D eigenvalue weighted by Crippen LogP contribution is 2.39. The fourth-order valence-corrected chi connectivity index (χ4v) is 3.18. The number of methoxy groups -OCH3 is 1. The van der Waals surface area contributed by atoms with Crippen LogP contribution in [0.5, 0.6) is 0 Å². The molecule has 0 spiro atoms. The van der Waals surface area contributed by atoms with Crippen LogP contribution in [0, 0.1) is 0 Å². The average molecular weight is 255 g/mol. The van der Waals surface area contributed by atoms with E-state index in [9.17, 15) is 4.79 Å². The Bertz CT molecular complexity index is 281. The van der Waals surface area contributed by atoms with E-state index in [4.69, 9.17) is 9.84 Å². The summed E-state index contributed by atoms with van der Waals surface area (Å²) in [6, 6.07) is 0.241. The van der Waals surface area contributed by atoms with Gasteiger partial charge in [0.05, 0.1) is 12.0 Å². The number of aliphatic hydroxyl groups is 1. The maximum Gasteiger partial charge on any atom is 0.225 e. The lowest BCUT2D eigenvalue weighted by Gasteiger charge is -2.43. The molecule has 1 atom stereocenters. The van der Waals surface area contributed by atoms with Crippen LogP contribution in [0.15, 0.2) is 0 Å². The molecule has 0 aromatic rings. The molecule has 18 heavy (non-hydrogen) atoms. The highest BCUT2D eigenvalue weighted by Gasteiger charge is 2.41. The summed E-state index contributed by atoms with van der Waals surface area (Å²) in [6.45, 7) is 1.02. The Morgan fingerprint density at radius 2 is 2.17 bits per heavy atom. The van der Waals surface area contributed by atoms with Crippen LogP contribution in [-0.2, 0) is 9.53 Å². The van der Waals surface area contributed by atoms with Gasteiger partial charge in [0.15, 0.2) is 0 Å². The van der Waals surface area contributed by atoms with Crippen molar-refractivity contribution in [3.8, 4) is 0 Å². The van der Waals surface area contributed by atoms with Gasteiger partial charge in [-0.05, 0) is 44.9 Å². The molecule has 4 nitrogen and oxygen atoms in total. The van der Waals surface area contributed by atoms with Crippen LogP contribution in [0.2, 0.25) is 0 Å². The van der Waals surface area contributed by atoms with Gasteiger partial charge in [0.1, 0.15) is 0 Å². The number of hydrogen-bond acceptors (Lipinski definition) is 3. The van der Waals surface area contributed by atoms with E-state index < -0.39 is 0 Å². The highest BCUT2D eigenvalue weighted by atomic mass is 16.5. The first kappa shape index (κ1) is 13.8. The van der Waals surface area contributed by atoms with E-state index in [2.05, 4.69) is 0 Å². The summed E-state index contributed by atoms with van der Waals surface area (Å²) in [5.74, 6) is 0.217. The minimum atomic E-state index is -0.182. The Hall–Kier alpha value is -0.610. The van der Waals surface area contributed by atoms with E-state index in [1.54, 1.807) is 7.11 Å². The quantitative estimate of drug-likeness (QED) is 0.813. The Balaban J connectivity index is 1.93. The zero-order valence-corrected chi connectivity index (χ0v) is 11.4. The molecule has 0 aromatic heterocycles. The lowest BCUT2D eigenvalue weighted by molar-refractivity contribution is -0.147. The standard InChI is InChI=1S/C14H25NO3/c1-18-14(7-4-8-14)11-13(17)15-9-3-2-5-12(15)6-10-16/h12,16H,2-11H2,1H3. The van der Waals surface area contributed by atoms with Crippen molar-refractivity contribution in [2.24, 2.45) is 0 Å². The topological polar surface area (TPSA) is 49.8 Å². The molecule has 0 aromatic carbocycles. The molecule has 1 amide bonds. The second kappa shape index (κ2) is 6.02. The first-order valence-corrected chi connectivity index (χ1v) is 7.16. The smallest absolute Gasteiger partial charge is 0.225 e. The van der Waals surface area contributed by atoms with E-state index in [0.717, 1.165) is 32.2 Å². The molecular weight excluding hydrogens is 230 g/mol. The number of carbonyl (C=O) groups excluding carboxylic acids is 1. The van der Waals surface area contributed by atoms with Crippen molar-refractivity contribution >= 4 is 5.91 Å². The Labute approximate surface area is 109 Å². The fraction of sp³-hybridized carbons (Fsp3) is 0.929. The summed E-state index contributed by atoms with van der Waals surface area (Å²) in [6.07, 6.45) is 7.71. The minimum absolute atomic E-state index is 0.171. The minimum Gasteiger partial charge on any atom is -0.396 e. The summed E-state index contributed by atoms with van der Waals surface area (Å²) in [4.78, 5) is 14.4. The van der Waals surface area contributed by atoms with Crippen LogP contribution < -0.4 is 0 Å². The van der Waals surface area contributed by atoms with Crippen molar-refractivity contribution in [1.82, 2.24) is 4.90 Å². The summed E-state index contributed by atoms with van der Waals surface area (Å²) in [5, 5.41) is 9.09. The number of rotatable bonds is 5. The third kappa shape index (κ3) is 2.86. The first-order valence-electron chi connectivity index (χ1n) is 7.16. The molecule has 1 N–H and O–H groups in total. The first-order chi connectivity index (χ1) is 8.71. The van der Waals surface area contributed by atoms with Crippen LogP contribution in [0.4, 0.5) is 0 Å². The van der Waals surface area contributed by atoms with Crippen molar-refractivity contribution in [2.75, 3.05) is 20.3 Å². The lowest BCUT2D eigenvalue weighted by Crippen LogP contribution is -2.49. The molecule has 2 fully saturated rings. The largest absolute Gasteiger partial charge is 0.396 e.